The number of nitrogens with zero attached hydrogens (tertiary/aromatic N) is 2. The van der Waals surface area contributed by atoms with Gasteiger partial charge in [-0.05, 0) is 0 Å². The molecule has 1 aromatic heterocycles. The number of ether oxygens (including phenoxy) is 2. The minimum absolute atomic E-state index is 0.511. The van der Waals surface area contributed by atoms with Crippen LogP contribution >= 0.6 is 0 Å². The average molecular weight is 214 g/mol. The van der Waals surface area contributed by atoms with E-state index < -0.39 is 6.10 Å². The maximum atomic E-state index is 9.75. The molecule has 0 saturated heterocycles. The average Bonchev–Trinajstić information content (AvgIpc) is 2.64. The lowest BCUT2D eigenvalue weighted by molar-refractivity contribution is 0.0451. The van der Waals surface area contributed by atoms with Crippen molar-refractivity contribution < 1.29 is 14.6 Å². The molecule has 0 amide bonds. The highest BCUT2D eigenvalue weighted by Gasteiger charge is 2.11. The van der Waals surface area contributed by atoms with E-state index >= 15 is 0 Å². The van der Waals surface area contributed by atoms with E-state index in [9.17, 15) is 5.11 Å². The summed E-state index contributed by atoms with van der Waals surface area (Å²) in [5.74, 6) is 0.672. The van der Waals surface area contributed by atoms with E-state index in [1.54, 1.807) is 17.9 Å². The molecule has 0 aliphatic rings. The van der Waals surface area contributed by atoms with Crippen LogP contribution in [-0.4, -0.2) is 41.6 Å². The quantitative estimate of drug-likeness (QED) is 0.672. The molecular weight excluding hydrogens is 196 g/mol. The summed E-state index contributed by atoms with van der Waals surface area (Å²) in [6.45, 7) is 1.65. The molecule has 0 aliphatic carbocycles. The molecule has 0 bridgehead atoms. The number of rotatable bonds is 7. The molecular formula is C10H18N2O3. The largest absolute Gasteiger partial charge is 0.385 e. The number of imidazole rings is 1. The molecule has 5 heteroatoms. The number of methoxy groups -OCH3 is 1. The van der Waals surface area contributed by atoms with Gasteiger partial charge in [0, 0.05) is 39.6 Å². The van der Waals surface area contributed by atoms with E-state index in [0.717, 1.165) is 0 Å². The Labute approximate surface area is 89.6 Å². The molecule has 15 heavy (non-hydrogen) atoms. The molecule has 1 unspecified atom stereocenters. The van der Waals surface area contributed by atoms with Crippen LogP contribution < -0.4 is 0 Å². The molecule has 86 valence electrons. The highest BCUT2D eigenvalue weighted by Crippen LogP contribution is 2.13. The van der Waals surface area contributed by atoms with Gasteiger partial charge in [-0.15, -0.1) is 0 Å². The lowest BCUT2D eigenvalue weighted by atomic mass is 10.2. The Morgan fingerprint density at radius 3 is 2.87 bits per heavy atom. The monoisotopic (exact) mass is 214 g/mol. The van der Waals surface area contributed by atoms with Crippen molar-refractivity contribution in [3.05, 3.63) is 18.2 Å². The highest BCUT2D eigenvalue weighted by atomic mass is 16.5. The van der Waals surface area contributed by atoms with Gasteiger partial charge in [0.05, 0.1) is 13.2 Å². The number of hydrogen-bond donors (Lipinski definition) is 1. The smallest absolute Gasteiger partial charge is 0.137 e. The topological polar surface area (TPSA) is 56.5 Å². The Morgan fingerprint density at radius 2 is 2.27 bits per heavy atom. The standard InChI is InChI=1S/C10H18N2O3/c1-12-5-4-11-10(12)9(13)3-6-15-8-7-14-2/h4-5,9,13H,3,6-8H2,1-2H3. The molecule has 0 spiro atoms. The zero-order valence-electron chi connectivity index (χ0n) is 9.22. The predicted molar refractivity (Wildman–Crippen MR) is 55.5 cm³/mol. The third-order valence-electron chi connectivity index (χ3n) is 2.12. The first-order valence-electron chi connectivity index (χ1n) is 4.97. The number of aliphatic hydroxyl groups is 1. The second-order valence-electron chi connectivity index (χ2n) is 3.31. The normalized spacial score (nSPS) is 13.0. The van der Waals surface area contributed by atoms with Crippen molar-refractivity contribution in [2.24, 2.45) is 7.05 Å². The fourth-order valence-electron chi connectivity index (χ4n) is 1.27. The lowest BCUT2D eigenvalue weighted by Crippen LogP contribution is -2.10. The van der Waals surface area contributed by atoms with Crippen LogP contribution in [-0.2, 0) is 16.5 Å². The lowest BCUT2D eigenvalue weighted by Gasteiger charge is -2.10. The number of aromatic nitrogens is 2. The maximum Gasteiger partial charge on any atom is 0.137 e. The van der Waals surface area contributed by atoms with Crippen molar-refractivity contribution in [1.82, 2.24) is 9.55 Å². The fraction of sp³-hybridized carbons (Fsp3) is 0.700. The second-order valence-corrected chi connectivity index (χ2v) is 3.31. The van der Waals surface area contributed by atoms with Crippen LogP contribution in [0.3, 0.4) is 0 Å². The van der Waals surface area contributed by atoms with Crippen LogP contribution in [0.25, 0.3) is 0 Å². The third-order valence-corrected chi connectivity index (χ3v) is 2.12. The molecule has 0 aliphatic heterocycles. The van der Waals surface area contributed by atoms with Gasteiger partial charge in [0.2, 0.25) is 0 Å². The van der Waals surface area contributed by atoms with E-state index in [1.807, 2.05) is 13.2 Å². The molecule has 0 aromatic carbocycles. The minimum Gasteiger partial charge on any atom is -0.385 e. The molecule has 0 fully saturated rings. The summed E-state index contributed by atoms with van der Waals surface area (Å²) < 4.78 is 11.9. The summed E-state index contributed by atoms with van der Waals surface area (Å²) in [6.07, 6.45) is 3.47. The van der Waals surface area contributed by atoms with Gasteiger partial charge < -0.3 is 19.1 Å². The SMILES string of the molecule is COCCOCCC(O)c1nccn1C. The third kappa shape index (κ3) is 3.99. The molecule has 1 aromatic rings. The maximum absolute atomic E-state index is 9.75. The minimum atomic E-state index is -0.562. The van der Waals surface area contributed by atoms with Crippen LogP contribution in [0.15, 0.2) is 12.4 Å². The van der Waals surface area contributed by atoms with Crippen molar-refractivity contribution >= 4 is 0 Å². The predicted octanol–water partition coefficient (Wildman–Crippen LogP) is 0.507. The summed E-state index contributed by atoms with van der Waals surface area (Å²) in [5.41, 5.74) is 0. The van der Waals surface area contributed by atoms with E-state index in [4.69, 9.17) is 9.47 Å². The van der Waals surface area contributed by atoms with Gasteiger partial charge in [-0.3, -0.25) is 0 Å². The van der Waals surface area contributed by atoms with Crippen molar-refractivity contribution in [2.75, 3.05) is 26.9 Å². The molecule has 0 saturated carbocycles. The fourth-order valence-corrected chi connectivity index (χ4v) is 1.27. The van der Waals surface area contributed by atoms with Crippen molar-refractivity contribution in [2.45, 2.75) is 12.5 Å². The van der Waals surface area contributed by atoms with Gasteiger partial charge in [-0.25, -0.2) is 4.98 Å². The van der Waals surface area contributed by atoms with Gasteiger partial charge in [0.15, 0.2) is 0 Å². The summed E-state index contributed by atoms with van der Waals surface area (Å²) >= 11 is 0. The van der Waals surface area contributed by atoms with E-state index in [1.165, 1.54) is 0 Å². The van der Waals surface area contributed by atoms with Crippen LogP contribution in [0.1, 0.15) is 18.3 Å². The van der Waals surface area contributed by atoms with Crippen LogP contribution in [0.2, 0.25) is 0 Å². The summed E-state index contributed by atoms with van der Waals surface area (Å²) in [6, 6.07) is 0. The Hall–Kier alpha value is -0.910. The van der Waals surface area contributed by atoms with Crippen molar-refractivity contribution in [3.63, 3.8) is 0 Å². The van der Waals surface area contributed by atoms with Gasteiger partial charge in [0.25, 0.3) is 0 Å². The first kappa shape index (κ1) is 12.2. The first-order chi connectivity index (χ1) is 7.25. The molecule has 1 N–H and O–H groups in total. The van der Waals surface area contributed by atoms with Crippen LogP contribution in [0, 0.1) is 0 Å². The zero-order chi connectivity index (χ0) is 11.1. The summed E-state index contributed by atoms with van der Waals surface area (Å²) in [4.78, 5) is 4.06. The summed E-state index contributed by atoms with van der Waals surface area (Å²) in [5, 5.41) is 9.75. The van der Waals surface area contributed by atoms with Crippen LogP contribution in [0.4, 0.5) is 0 Å². The van der Waals surface area contributed by atoms with Crippen molar-refractivity contribution in [1.29, 1.82) is 0 Å². The number of hydrogen-bond acceptors (Lipinski definition) is 4. The van der Waals surface area contributed by atoms with E-state index in [2.05, 4.69) is 4.98 Å². The Balaban J connectivity index is 2.19. The van der Waals surface area contributed by atoms with Crippen molar-refractivity contribution in [3.8, 4) is 0 Å². The first-order valence-corrected chi connectivity index (χ1v) is 4.97. The zero-order valence-corrected chi connectivity index (χ0v) is 9.22. The Kier molecular flexibility index (Phi) is 5.31. The second kappa shape index (κ2) is 6.55. The van der Waals surface area contributed by atoms with E-state index in [0.29, 0.717) is 32.1 Å². The molecule has 1 atom stereocenters. The Morgan fingerprint density at radius 1 is 1.47 bits per heavy atom. The summed E-state index contributed by atoms with van der Waals surface area (Å²) in [7, 11) is 3.49. The highest BCUT2D eigenvalue weighted by molar-refractivity contribution is 4.95. The van der Waals surface area contributed by atoms with Gasteiger partial charge >= 0.3 is 0 Å². The van der Waals surface area contributed by atoms with Gasteiger partial charge in [-0.1, -0.05) is 0 Å². The molecule has 1 heterocycles. The molecule has 5 nitrogen and oxygen atoms in total. The van der Waals surface area contributed by atoms with Gasteiger partial charge in [0.1, 0.15) is 11.9 Å². The number of aryl methyl sites for hydroxylation is 1. The molecule has 0 radical (unpaired) electrons. The van der Waals surface area contributed by atoms with Crippen LogP contribution in [0.5, 0.6) is 0 Å². The molecule has 1 rings (SSSR count). The van der Waals surface area contributed by atoms with E-state index in [-0.39, 0.29) is 0 Å². The number of aliphatic hydroxyl groups excluding tert-OH is 1. The Bertz CT molecular complexity index is 275. The van der Waals surface area contributed by atoms with Gasteiger partial charge in [-0.2, -0.15) is 0 Å².